The van der Waals surface area contributed by atoms with Crippen LogP contribution in [0.3, 0.4) is 0 Å². The van der Waals surface area contributed by atoms with E-state index in [0.717, 1.165) is 24.1 Å². The Labute approximate surface area is 110 Å². The smallest absolute Gasteiger partial charge is 0.227 e. The SMILES string of the molecule is Cc1cccc(NC(=O)C(CCCN)C(C)C)c1. The van der Waals surface area contributed by atoms with Gasteiger partial charge in [-0.1, -0.05) is 26.0 Å². The lowest BCUT2D eigenvalue weighted by Gasteiger charge is -2.20. The molecule has 0 aliphatic carbocycles. The first-order valence-corrected chi connectivity index (χ1v) is 6.62. The lowest BCUT2D eigenvalue weighted by Crippen LogP contribution is -2.27. The van der Waals surface area contributed by atoms with Gasteiger partial charge in [-0.3, -0.25) is 4.79 Å². The highest BCUT2D eigenvalue weighted by Crippen LogP contribution is 2.20. The number of rotatable bonds is 6. The summed E-state index contributed by atoms with van der Waals surface area (Å²) in [6, 6.07) is 7.88. The molecule has 0 saturated carbocycles. The van der Waals surface area contributed by atoms with Crippen LogP contribution in [0.5, 0.6) is 0 Å². The lowest BCUT2D eigenvalue weighted by molar-refractivity contribution is -0.121. The van der Waals surface area contributed by atoms with Crippen LogP contribution in [-0.4, -0.2) is 12.5 Å². The van der Waals surface area contributed by atoms with E-state index in [2.05, 4.69) is 19.2 Å². The van der Waals surface area contributed by atoms with Crippen LogP contribution in [0.2, 0.25) is 0 Å². The third kappa shape index (κ3) is 4.49. The molecule has 1 amide bonds. The highest BCUT2D eigenvalue weighted by Gasteiger charge is 2.21. The zero-order valence-electron chi connectivity index (χ0n) is 11.6. The Morgan fingerprint density at radius 3 is 2.67 bits per heavy atom. The van der Waals surface area contributed by atoms with Crippen LogP contribution in [0, 0.1) is 18.8 Å². The van der Waals surface area contributed by atoms with E-state index in [1.807, 2.05) is 31.2 Å². The molecule has 18 heavy (non-hydrogen) atoms. The number of benzene rings is 1. The normalized spacial score (nSPS) is 12.5. The van der Waals surface area contributed by atoms with Crippen molar-refractivity contribution in [1.29, 1.82) is 0 Å². The zero-order chi connectivity index (χ0) is 13.5. The van der Waals surface area contributed by atoms with Gasteiger partial charge in [-0.15, -0.1) is 0 Å². The van der Waals surface area contributed by atoms with Gasteiger partial charge in [0.25, 0.3) is 0 Å². The van der Waals surface area contributed by atoms with Crippen LogP contribution >= 0.6 is 0 Å². The van der Waals surface area contributed by atoms with Gasteiger partial charge in [0.15, 0.2) is 0 Å². The van der Waals surface area contributed by atoms with Crippen molar-refractivity contribution in [1.82, 2.24) is 0 Å². The van der Waals surface area contributed by atoms with Crippen LogP contribution in [-0.2, 0) is 4.79 Å². The van der Waals surface area contributed by atoms with Crippen LogP contribution in [0.1, 0.15) is 32.3 Å². The molecule has 1 atom stereocenters. The fourth-order valence-electron chi connectivity index (χ4n) is 2.06. The Balaban J connectivity index is 2.66. The molecule has 0 radical (unpaired) electrons. The topological polar surface area (TPSA) is 55.1 Å². The van der Waals surface area contributed by atoms with E-state index in [9.17, 15) is 4.79 Å². The van der Waals surface area contributed by atoms with Gasteiger partial charge in [0.1, 0.15) is 0 Å². The molecule has 0 saturated heterocycles. The molecule has 1 unspecified atom stereocenters. The van der Waals surface area contributed by atoms with Gasteiger partial charge in [-0.2, -0.15) is 0 Å². The molecule has 3 N–H and O–H groups in total. The number of anilines is 1. The first-order chi connectivity index (χ1) is 8.54. The largest absolute Gasteiger partial charge is 0.330 e. The average Bonchev–Trinajstić information content (AvgIpc) is 2.29. The maximum absolute atomic E-state index is 12.2. The maximum Gasteiger partial charge on any atom is 0.227 e. The van der Waals surface area contributed by atoms with Crippen molar-refractivity contribution in [3.8, 4) is 0 Å². The first kappa shape index (κ1) is 14.7. The summed E-state index contributed by atoms with van der Waals surface area (Å²) in [6.45, 7) is 6.82. The summed E-state index contributed by atoms with van der Waals surface area (Å²) < 4.78 is 0. The minimum atomic E-state index is 0.0362. The standard InChI is InChI=1S/C15H24N2O/c1-11(2)14(8-5-9-16)15(18)17-13-7-4-6-12(3)10-13/h4,6-7,10-11,14H,5,8-9,16H2,1-3H3,(H,17,18). The number of hydrogen-bond donors (Lipinski definition) is 2. The second-order valence-electron chi connectivity index (χ2n) is 5.14. The first-order valence-electron chi connectivity index (χ1n) is 6.62. The molecule has 0 fully saturated rings. The molecule has 3 nitrogen and oxygen atoms in total. The molecule has 0 aliphatic heterocycles. The van der Waals surface area contributed by atoms with E-state index >= 15 is 0 Å². The predicted molar refractivity (Wildman–Crippen MR) is 76.4 cm³/mol. The Bertz CT molecular complexity index is 388. The molecule has 3 heteroatoms. The van der Waals surface area contributed by atoms with Gasteiger partial charge in [0.2, 0.25) is 5.91 Å². The van der Waals surface area contributed by atoms with Crippen molar-refractivity contribution >= 4 is 11.6 Å². The number of nitrogens with one attached hydrogen (secondary N) is 1. The minimum Gasteiger partial charge on any atom is -0.330 e. The summed E-state index contributed by atoms with van der Waals surface area (Å²) >= 11 is 0. The lowest BCUT2D eigenvalue weighted by atomic mass is 9.90. The van der Waals surface area contributed by atoms with Crippen molar-refractivity contribution in [2.75, 3.05) is 11.9 Å². The van der Waals surface area contributed by atoms with E-state index in [1.165, 1.54) is 0 Å². The molecule has 0 bridgehead atoms. The Kier molecular flexibility index (Phi) is 5.86. The molecule has 0 spiro atoms. The fraction of sp³-hybridized carbons (Fsp3) is 0.533. The predicted octanol–water partition coefficient (Wildman–Crippen LogP) is 2.94. The number of aryl methyl sites for hydroxylation is 1. The molecular formula is C15H24N2O. The summed E-state index contributed by atoms with van der Waals surface area (Å²) in [4.78, 5) is 12.2. The van der Waals surface area contributed by atoms with Gasteiger partial charge in [-0.25, -0.2) is 0 Å². The van der Waals surface area contributed by atoms with Gasteiger partial charge in [0, 0.05) is 11.6 Å². The average molecular weight is 248 g/mol. The molecule has 0 heterocycles. The number of hydrogen-bond acceptors (Lipinski definition) is 2. The van der Waals surface area contributed by atoms with Crippen molar-refractivity contribution in [3.63, 3.8) is 0 Å². The van der Waals surface area contributed by atoms with Crippen LogP contribution in [0.4, 0.5) is 5.69 Å². The van der Waals surface area contributed by atoms with Crippen LogP contribution in [0.15, 0.2) is 24.3 Å². The molecule has 1 aromatic carbocycles. The Hall–Kier alpha value is -1.35. The van der Waals surface area contributed by atoms with Gasteiger partial charge in [-0.05, 0) is 49.9 Å². The van der Waals surface area contributed by atoms with Gasteiger partial charge in [0.05, 0.1) is 0 Å². The van der Waals surface area contributed by atoms with Crippen LogP contribution in [0.25, 0.3) is 0 Å². The molecule has 0 aromatic heterocycles. The summed E-state index contributed by atoms with van der Waals surface area (Å²) in [5.74, 6) is 0.472. The second kappa shape index (κ2) is 7.17. The third-order valence-corrected chi connectivity index (χ3v) is 3.15. The summed E-state index contributed by atoms with van der Waals surface area (Å²) in [7, 11) is 0. The Morgan fingerprint density at radius 1 is 1.39 bits per heavy atom. The molecule has 100 valence electrons. The quantitative estimate of drug-likeness (QED) is 0.813. The van der Waals surface area contributed by atoms with Crippen molar-refractivity contribution in [2.24, 2.45) is 17.6 Å². The van der Waals surface area contributed by atoms with E-state index < -0.39 is 0 Å². The molecular weight excluding hydrogens is 224 g/mol. The van der Waals surface area contributed by atoms with E-state index in [1.54, 1.807) is 0 Å². The van der Waals surface area contributed by atoms with Gasteiger partial charge >= 0.3 is 0 Å². The second-order valence-corrected chi connectivity index (χ2v) is 5.14. The summed E-state index contributed by atoms with van der Waals surface area (Å²) in [5, 5.41) is 2.99. The van der Waals surface area contributed by atoms with E-state index in [0.29, 0.717) is 12.5 Å². The summed E-state index contributed by atoms with van der Waals surface area (Å²) in [6.07, 6.45) is 1.75. The maximum atomic E-state index is 12.2. The summed E-state index contributed by atoms with van der Waals surface area (Å²) in [5.41, 5.74) is 7.54. The highest BCUT2D eigenvalue weighted by atomic mass is 16.1. The van der Waals surface area contributed by atoms with Crippen molar-refractivity contribution in [3.05, 3.63) is 29.8 Å². The van der Waals surface area contributed by atoms with Gasteiger partial charge < -0.3 is 11.1 Å². The third-order valence-electron chi connectivity index (χ3n) is 3.15. The number of carbonyl (C=O) groups excluding carboxylic acids is 1. The van der Waals surface area contributed by atoms with E-state index in [-0.39, 0.29) is 11.8 Å². The molecule has 1 aromatic rings. The van der Waals surface area contributed by atoms with Crippen molar-refractivity contribution < 1.29 is 4.79 Å². The zero-order valence-corrected chi connectivity index (χ0v) is 11.6. The molecule has 0 aliphatic rings. The Morgan fingerprint density at radius 2 is 2.11 bits per heavy atom. The number of carbonyl (C=O) groups is 1. The number of amides is 1. The monoisotopic (exact) mass is 248 g/mol. The molecule has 1 rings (SSSR count). The highest BCUT2D eigenvalue weighted by molar-refractivity contribution is 5.92. The number of nitrogens with two attached hydrogens (primary N) is 1. The van der Waals surface area contributed by atoms with E-state index in [4.69, 9.17) is 5.73 Å². The van der Waals surface area contributed by atoms with Crippen LogP contribution < -0.4 is 11.1 Å². The van der Waals surface area contributed by atoms with Crippen molar-refractivity contribution in [2.45, 2.75) is 33.6 Å². The fourth-order valence-corrected chi connectivity index (χ4v) is 2.06. The minimum absolute atomic E-state index is 0.0362.